The number of carbonyl (C=O) groups excluding carboxylic acids is 2. The molecule has 1 saturated heterocycles. The standard InChI is InChI=1S/C25H17BrF3NO4/c1-13-11-15(7-10-19(13)26)22(32)20-21(14-5-8-18(31)9-6-14)30(24(34)23(20)33)17-4-2-3-16(12-17)25(27,28)29/h2-12,21,31-32H,1H3/b22-20+. The first-order valence-electron chi connectivity index (χ1n) is 10.0. The number of aromatic hydroxyl groups is 1. The number of phenolic OH excluding ortho intramolecular Hbond substituents is 1. The van der Waals surface area contributed by atoms with Gasteiger partial charge in [-0.25, -0.2) is 0 Å². The van der Waals surface area contributed by atoms with Crippen LogP contribution >= 0.6 is 15.9 Å². The van der Waals surface area contributed by atoms with Crippen molar-refractivity contribution in [3.63, 3.8) is 0 Å². The first-order valence-corrected chi connectivity index (χ1v) is 10.8. The Hall–Kier alpha value is -3.59. The smallest absolute Gasteiger partial charge is 0.416 e. The minimum Gasteiger partial charge on any atom is -0.508 e. The molecule has 34 heavy (non-hydrogen) atoms. The number of phenols is 1. The Labute approximate surface area is 200 Å². The summed E-state index contributed by atoms with van der Waals surface area (Å²) in [6.07, 6.45) is -4.66. The normalized spacial score (nSPS) is 17.9. The third-order valence-electron chi connectivity index (χ3n) is 5.54. The van der Waals surface area contributed by atoms with Crippen LogP contribution in [0, 0.1) is 6.92 Å². The fourth-order valence-electron chi connectivity index (χ4n) is 3.85. The maximum Gasteiger partial charge on any atom is 0.416 e. The Morgan fingerprint density at radius 1 is 1.00 bits per heavy atom. The van der Waals surface area contributed by atoms with Crippen molar-refractivity contribution in [3.05, 3.63) is 99.0 Å². The molecule has 1 unspecified atom stereocenters. The molecule has 0 saturated carbocycles. The molecule has 2 N–H and O–H groups in total. The van der Waals surface area contributed by atoms with E-state index in [-0.39, 0.29) is 22.6 Å². The summed E-state index contributed by atoms with van der Waals surface area (Å²) < 4.78 is 40.8. The number of alkyl halides is 3. The van der Waals surface area contributed by atoms with E-state index in [1.54, 1.807) is 25.1 Å². The molecule has 1 aliphatic rings. The van der Waals surface area contributed by atoms with E-state index in [0.29, 0.717) is 5.56 Å². The molecular formula is C25H17BrF3NO4. The fraction of sp³-hybridized carbons (Fsp3) is 0.120. The van der Waals surface area contributed by atoms with Crippen molar-refractivity contribution in [3.8, 4) is 5.75 Å². The molecule has 1 aliphatic heterocycles. The van der Waals surface area contributed by atoms with Crippen molar-refractivity contribution in [2.75, 3.05) is 4.90 Å². The Morgan fingerprint density at radius 2 is 1.68 bits per heavy atom. The van der Waals surface area contributed by atoms with E-state index in [0.717, 1.165) is 33.1 Å². The first kappa shape index (κ1) is 23.6. The molecule has 3 aromatic carbocycles. The molecule has 1 heterocycles. The summed E-state index contributed by atoms with van der Waals surface area (Å²) in [7, 11) is 0. The Balaban J connectivity index is 1.95. The molecule has 5 nitrogen and oxygen atoms in total. The monoisotopic (exact) mass is 531 g/mol. The zero-order valence-electron chi connectivity index (χ0n) is 17.6. The van der Waals surface area contributed by atoms with E-state index in [1.165, 1.54) is 30.3 Å². The van der Waals surface area contributed by atoms with Gasteiger partial charge in [-0.3, -0.25) is 14.5 Å². The minimum absolute atomic E-state index is 0.0803. The summed E-state index contributed by atoms with van der Waals surface area (Å²) in [5, 5.41) is 20.8. The Morgan fingerprint density at radius 3 is 2.29 bits per heavy atom. The predicted octanol–water partition coefficient (Wildman–Crippen LogP) is 6.11. The van der Waals surface area contributed by atoms with E-state index in [2.05, 4.69) is 15.9 Å². The van der Waals surface area contributed by atoms with Crippen LogP contribution in [-0.2, 0) is 15.8 Å². The molecule has 1 fully saturated rings. The van der Waals surface area contributed by atoms with Gasteiger partial charge in [0.05, 0.1) is 17.2 Å². The van der Waals surface area contributed by atoms with Gasteiger partial charge in [0.15, 0.2) is 0 Å². The number of rotatable bonds is 3. The number of nitrogens with zero attached hydrogens (tertiary/aromatic N) is 1. The predicted molar refractivity (Wildman–Crippen MR) is 123 cm³/mol. The van der Waals surface area contributed by atoms with Gasteiger partial charge in [0, 0.05) is 15.7 Å². The minimum atomic E-state index is -4.66. The van der Waals surface area contributed by atoms with E-state index >= 15 is 0 Å². The van der Waals surface area contributed by atoms with Crippen LogP contribution in [-0.4, -0.2) is 21.9 Å². The number of carbonyl (C=O) groups is 2. The van der Waals surface area contributed by atoms with Crippen LogP contribution in [0.5, 0.6) is 5.75 Å². The Kier molecular flexibility index (Phi) is 5.99. The second kappa shape index (κ2) is 8.64. The lowest BCUT2D eigenvalue weighted by Crippen LogP contribution is -2.29. The lowest BCUT2D eigenvalue weighted by atomic mass is 9.94. The summed E-state index contributed by atoms with van der Waals surface area (Å²) in [5.41, 5.74) is -0.0515. The van der Waals surface area contributed by atoms with Gasteiger partial charge in [0.2, 0.25) is 0 Å². The first-order chi connectivity index (χ1) is 16.0. The molecule has 0 radical (unpaired) electrons. The van der Waals surface area contributed by atoms with E-state index in [9.17, 15) is 33.0 Å². The maximum absolute atomic E-state index is 13.3. The highest BCUT2D eigenvalue weighted by Gasteiger charge is 2.47. The third-order valence-corrected chi connectivity index (χ3v) is 6.43. The van der Waals surface area contributed by atoms with E-state index < -0.39 is 35.2 Å². The lowest BCUT2D eigenvalue weighted by molar-refractivity contribution is -0.137. The van der Waals surface area contributed by atoms with Gasteiger partial charge in [0.25, 0.3) is 11.7 Å². The van der Waals surface area contributed by atoms with Gasteiger partial charge in [0.1, 0.15) is 11.5 Å². The molecule has 9 heteroatoms. The zero-order chi connectivity index (χ0) is 24.8. The molecule has 1 atom stereocenters. The van der Waals surface area contributed by atoms with Crippen molar-refractivity contribution in [1.29, 1.82) is 0 Å². The van der Waals surface area contributed by atoms with Gasteiger partial charge < -0.3 is 10.2 Å². The topological polar surface area (TPSA) is 77.8 Å². The van der Waals surface area contributed by atoms with Crippen LogP contribution < -0.4 is 4.90 Å². The van der Waals surface area contributed by atoms with Crippen LogP contribution in [0.1, 0.15) is 28.3 Å². The number of hydrogen-bond acceptors (Lipinski definition) is 4. The molecule has 4 rings (SSSR count). The molecule has 174 valence electrons. The van der Waals surface area contributed by atoms with Crippen molar-refractivity contribution < 1.29 is 33.0 Å². The number of aliphatic hydroxyl groups is 1. The summed E-state index contributed by atoms with van der Waals surface area (Å²) in [4.78, 5) is 27.1. The largest absolute Gasteiger partial charge is 0.508 e. The molecule has 0 aliphatic carbocycles. The highest BCUT2D eigenvalue weighted by atomic mass is 79.9. The highest BCUT2D eigenvalue weighted by molar-refractivity contribution is 9.10. The molecule has 0 spiro atoms. The summed E-state index contributed by atoms with van der Waals surface area (Å²) in [6.45, 7) is 1.78. The van der Waals surface area contributed by atoms with Crippen LogP contribution in [0.3, 0.4) is 0 Å². The maximum atomic E-state index is 13.3. The molecule has 0 bridgehead atoms. The number of halogens is 4. The Bertz CT molecular complexity index is 1330. The van der Waals surface area contributed by atoms with Gasteiger partial charge in [-0.15, -0.1) is 0 Å². The fourth-order valence-corrected chi connectivity index (χ4v) is 4.10. The van der Waals surface area contributed by atoms with Gasteiger partial charge >= 0.3 is 6.18 Å². The quantitative estimate of drug-likeness (QED) is 0.243. The molecule has 1 amide bonds. The number of hydrogen-bond donors (Lipinski definition) is 2. The number of Topliss-reactive ketones (excluding diaryl/α,β-unsaturated/α-hetero) is 1. The van der Waals surface area contributed by atoms with Crippen LogP contribution in [0.25, 0.3) is 5.76 Å². The summed E-state index contributed by atoms with van der Waals surface area (Å²) in [6, 6.07) is 13.2. The second-order valence-corrected chi connectivity index (χ2v) is 8.63. The number of anilines is 1. The van der Waals surface area contributed by atoms with Crippen LogP contribution in [0.15, 0.2) is 76.8 Å². The molecule has 0 aromatic heterocycles. The highest BCUT2D eigenvalue weighted by Crippen LogP contribution is 2.43. The number of amides is 1. The number of benzene rings is 3. The van der Waals surface area contributed by atoms with Crippen molar-refractivity contribution in [1.82, 2.24) is 0 Å². The number of ketones is 1. The van der Waals surface area contributed by atoms with Gasteiger partial charge in [-0.1, -0.05) is 40.2 Å². The lowest BCUT2D eigenvalue weighted by Gasteiger charge is -2.26. The average Bonchev–Trinajstić information content (AvgIpc) is 3.06. The summed E-state index contributed by atoms with van der Waals surface area (Å²) >= 11 is 3.36. The zero-order valence-corrected chi connectivity index (χ0v) is 19.2. The molecule has 3 aromatic rings. The van der Waals surface area contributed by atoms with Crippen LogP contribution in [0.4, 0.5) is 18.9 Å². The SMILES string of the molecule is Cc1cc(/C(O)=C2\C(=O)C(=O)N(c3cccc(C(F)(F)F)c3)C2c2ccc(O)cc2)ccc1Br. The van der Waals surface area contributed by atoms with Crippen molar-refractivity contribution >= 4 is 39.1 Å². The summed E-state index contributed by atoms with van der Waals surface area (Å²) in [5.74, 6) is -2.65. The molecular weight excluding hydrogens is 515 g/mol. The second-order valence-electron chi connectivity index (χ2n) is 7.77. The van der Waals surface area contributed by atoms with Gasteiger partial charge in [-0.05, 0) is 60.5 Å². The van der Waals surface area contributed by atoms with Gasteiger partial charge in [-0.2, -0.15) is 13.2 Å². The average molecular weight is 532 g/mol. The number of aryl methyl sites for hydroxylation is 1. The van der Waals surface area contributed by atoms with E-state index in [4.69, 9.17) is 0 Å². The van der Waals surface area contributed by atoms with Crippen molar-refractivity contribution in [2.45, 2.75) is 19.1 Å². The van der Waals surface area contributed by atoms with Crippen LogP contribution in [0.2, 0.25) is 0 Å². The van der Waals surface area contributed by atoms with E-state index in [1.807, 2.05) is 0 Å². The van der Waals surface area contributed by atoms with Crippen molar-refractivity contribution in [2.24, 2.45) is 0 Å². The third kappa shape index (κ3) is 4.19. The number of aliphatic hydroxyl groups excluding tert-OH is 1.